The summed E-state index contributed by atoms with van der Waals surface area (Å²) >= 11 is 0. The highest BCUT2D eigenvalue weighted by Gasteiger charge is 2.28. The number of hydrogen-bond acceptors (Lipinski definition) is 5. The third-order valence-electron chi connectivity index (χ3n) is 2.58. The molecule has 110 valence electrons. The summed E-state index contributed by atoms with van der Waals surface area (Å²) in [5, 5.41) is 8.61. The molecule has 1 aromatic rings. The minimum Gasteiger partial charge on any atom is -0.491 e. The van der Waals surface area contributed by atoms with Gasteiger partial charge in [-0.15, -0.1) is 0 Å². The second kappa shape index (κ2) is 6.73. The van der Waals surface area contributed by atoms with Gasteiger partial charge >= 0.3 is 0 Å². The lowest BCUT2D eigenvalue weighted by molar-refractivity contribution is 0.338. The monoisotopic (exact) mass is 297 g/mol. The van der Waals surface area contributed by atoms with E-state index in [1.54, 1.807) is 33.0 Å². The molecular formula is C14H19NO4S. The number of aromatic nitrogens is 1. The number of ether oxygens (including phenoxy) is 1. The van der Waals surface area contributed by atoms with E-state index in [9.17, 15) is 8.42 Å². The molecular weight excluding hydrogens is 278 g/mol. The highest BCUT2D eigenvalue weighted by molar-refractivity contribution is 7.92. The summed E-state index contributed by atoms with van der Waals surface area (Å²) in [5.41, 5.74) is 0.607. The maximum Gasteiger partial charge on any atom is 0.158 e. The number of aliphatic hydroxyl groups excluding tert-OH is 1. The van der Waals surface area contributed by atoms with Crippen LogP contribution >= 0.6 is 0 Å². The van der Waals surface area contributed by atoms with E-state index in [0.717, 1.165) is 0 Å². The van der Waals surface area contributed by atoms with Crippen molar-refractivity contribution in [3.05, 3.63) is 24.0 Å². The normalized spacial score (nSPS) is 11.6. The van der Waals surface area contributed by atoms with Crippen LogP contribution in [0.5, 0.6) is 5.75 Å². The van der Waals surface area contributed by atoms with E-state index in [1.807, 2.05) is 0 Å². The van der Waals surface area contributed by atoms with Crippen LogP contribution in [0.25, 0.3) is 0 Å². The summed E-state index contributed by atoms with van der Waals surface area (Å²) < 4.78 is 28.4. The molecule has 0 aliphatic rings. The van der Waals surface area contributed by atoms with Gasteiger partial charge in [0.2, 0.25) is 0 Å². The zero-order chi connectivity index (χ0) is 15.2. The SMILES string of the molecule is CC(C)(C)S(=O)(=O)CCOc1cncc(C#CCO)c1. The molecule has 0 spiro atoms. The van der Waals surface area contributed by atoms with Crippen molar-refractivity contribution < 1.29 is 18.3 Å². The van der Waals surface area contributed by atoms with Gasteiger partial charge in [-0.25, -0.2) is 8.42 Å². The largest absolute Gasteiger partial charge is 0.491 e. The molecule has 0 unspecified atom stereocenters. The van der Waals surface area contributed by atoms with Gasteiger partial charge in [-0.05, 0) is 26.8 Å². The first-order valence-electron chi connectivity index (χ1n) is 6.16. The fourth-order valence-electron chi connectivity index (χ4n) is 1.28. The number of rotatable bonds is 4. The maximum atomic E-state index is 11.9. The van der Waals surface area contributed by atoms with Gasteiger partial charge in [0, 0.05) is 11.8 Å². The average molecular weight is 297 g/mol. The van der Waals surface area contributed by atoms with Crippen molar-refractivity contribution in [2.24, 2.45) is 0 Å². The topological polar surface area (TPSA) is 76.5 Å². The first-order chi connectivity index (χ1) is 9.26. The van der Waals surface area contributed by atoms with Gasteiger partial charge in [0.05, 0.1) is 16.7 Å². The molecule has 1 heterocycles. The minimum absolute atomic E-state index is 0.0525. The highest BCUT2D eigenvalue weighted by atomic mass is 32.2. The Morgan fingerprint density at radius 1 is 1.35 bits per heavy atom. The molecule has 0 aromatic carbocycles. The Kier molecular flexibility index (Phi) is 5.54. The van der Waals surface area contributed by atoms with E-state index in [0.29, 0.717) is 11.3 Å². The van der Waals surface area contributed by atoms with Gasteiger partial charge in [-0.1, -0.05) is 11.8 Å². The summed E-state index contributed by atoms with van der Waals surface area (Å²) in [7, 11) is -3.20. The molecule has 1 N–H and O–H groups in total. The average Bonchev–Trinajstić information content (AvgIpc) is 2.35. The van der Waals surface area contributed by atoms with Crippen LogP contribution in [-0.4, -0.2) is 42.2 Å². The van der Waals surface area contributed by atoms with E-state index in [2.05, 4.69) is 16.8 Å². The summed E-state index contributed by atoms with van der Waals surface area (Å²) in [5.74, 6) is 5.62. The predicted octanol–water partition coefficient (Wildman–Crippen LogP) is 1.02. The lowest BCUT2D eigenvalue weighted by Crippen LogP contribution is -2.32. The summed E-state index contributed by atoms with van der Waals surface area (Å²) in [4.78, 5) is 3.94. The molecule has 0 aliphatic carbocycles. The van der Waals surface area contributed by atoms with Crippen LogP contribution in [0, 0.1) is 11.8 Å². The van der Waals surface area contributed by atoms with Crippen molar-refractivity contribution >= 4 is 9.84 Å². The third-order valence-corrected chi connectivity index (χ3v) is 5.15. The van der Waals surface area contributed by atoms with Crippen molar-refractivity contribution in [2.75, 3.05) is 19.0 Å². The van der Waals surface area contributed by atoms with Gasteiger partial charge in [0.15, 0.2) is 9.84 Å². The molecule has 0 fully saturated rings. The minimum atomic E-state index is -3.20. The van der Waals surface area contributed by atoms with Gasteiger partial charge < -0.3 is 9.84 Å². The molecule has 0 aliphatic heterocycles. The number of sulfone groups is 1. The molecule has 0 amide bonds. The van der Waals surface area contributed by atoms with E-state index < -0.39 is 14.6 Å². The number of pyridine rings is 1. The van der Waals surface area contributed by atoms with Crippen molar-refractivity contribution in [1.29, 1.82) is 0 Å². The van der Waals surface area contributed by atoms with Crippen LogP contribution in [0.2, 0.25) is 0 Å². The van der Waals surface area contributed by atoms with E-state index >= 15 is 0 Å². The second-order valence-corrected chi connectivity index (χ2v) is 8.01. The quantitative estimate of drug-likeness (QED) is 0.840. The van der Waals surface area contributed by atoms with Crippen LogP contribution in [-0.2, 0) is 9.84 Å². The molecule has 0 atom stereocenters. The first kappa shape index (κ1) is 16.5. The number of hydrogen-bond donors (Lipinski definition) is 1. The van der Waals surface area contributed by atoms with Gasteiger partial charge in [-0.2, -0.15) is 0 Å². The lowest BCUT2D eigenvalue weighted by Gasteiger charge is -2.19. The highest BCUT2D eigenvalue weighted by Crippen LogP contribution is 2.16. The fraction of sp³-hybridized carbons (Fsp3) is 0.500. The van der Waals surface area contributed by atoms with Crippen LogP contribution in [0.1, 0.15) is 26.3 Å². The van der Waals surface area contributed by atoms with Gasteiger partial charge in [0.25, 0.3) is 0 Å². The van der Waals surface area contributed by atoms with Crippen LogP contribution in [0.3, 0.4) is 0 Å². The maximum absolute atomic E-state index is 11.9. The smallest absolute Gasteiger partial charge is 0.158 e. The Hall–Kier alpha value is -1.58. The molecule has 0 bridgehead atoms. The van der Waals surface area contributed by atoms with Crippen molar-refractivity contribution in [3.63, 3.8) is 0 Å². The number of nitrogens with zero attached hydrogens (tertiary/aromatic N) is 1. The first-order valence-corrected chi connectivity index (χ1v) is 7.81. The lowest BCUT2D eigenvalue weighted by atomic mass is 10.3. The zero-order valence-electron chi connectivity index (χ0n) is 11.9. The second-order valence-electron chi connectivity index (χ2n) is 5.15. The number of aliphatic hydroxyl groups is 1. The molecule has 20 heavy (non-hydrogen) atoms. The van der Waals surface area contributed by atoms with Crippen LogP contribution in [0.15, 0.2) is 18.5 Å². The molecule has 5 nitrogen and oxygen atoms in total. The molecule has 0 saturated carbocycles. The molecule has 0 saturated heterocycles. The molecule has 1 aromatic heterocycles. The van der Waals surface area contributed by atoms with E-state index in [4.69, 9.17) is 9.84 Å². The van der Waals surface area contributed by atoms with Crippen molar-refractivity contribution in [3.8, 4) is 17.6 Å². The Morgan fingerprint density at radius 3 is 2.65 bits per heavy atom. The Labute approximate surface area is 119 Å². The van der Waals surface area contributed by atoms with Crippen molar-refractivity contribution in [2.45, 2.75) is 25.5 Å². The summed E-state index contributed by atoms with van der Waals surface area (Å²) in [6.45, 7) is 4.83. The Bertz CT molecular complexity index is 606. The summed E-state index contributed by atoms with van der Waals surface area (Å²) in [6.07, 6.45) is 3.04. The van der Waals surface area contributed by atoms with E-state index in [1.165, 1.54) is 6.20 Å². The molecule has 1 rings (SSSR count). The molecule has 6 heteroatoms. The van der Waals surface area contributed by atoms with Crippen molar-refractivity contribution in [1.82, 2.24) is 4.98 Å². The van der Waals surface area contributed by atoms with Crippen LogP contribution in [0.4, 0.5) is 0 Å². The Morgan fingerprint density at radius 2 is 2.05 bits per heavy atom. The molecule has 0 radical (unpaired) electrons. The van der Waals surface area contributed by atoms with Crippen LogP contribution < -0.4 is 4.74 Å². The fourth-order valence-corrected chi connectivity index (χ4v) is 2.20. The zero-order valence-corrected chi connectivity index (χ0v) is 12.7. The van der Waals surface area contributed by atoms with Gasteiger partial charge in [0.1, 0.15) is 19.0 Å². The Balaban J connectivity index is 2.63. The summed E-state index contributed by atoms with van der Waals surface area (Å²) in [6, 6.07) is 1.65. The van der Waals surface area contributed by atoms with E-state index in [-0.39, 0.29) is 19.0 Å². The predicted molar refractivity (Wildman–Crippen MR) is 77.2 cm³/mol. The third kappa shape index (κ3) is 4.83. The van der Waals surface area contributed by atoms with Gasteiger partial charge in [-0.3, -0.25) is 4.98 Å². The standard InChI is InChI=1S/C14H19NO4S/c1-14(2,3)20(17,18)8-7-19-13-9-12(5-4-6-16)10-15-11-13/h9-11,16H,6-8H2,1-3H3.